The molecule has 0 spiro atoms. The number of carbonyl (C=O) groups excluding carboxylic acids is 1. The van der Waals surface area contributed by atoms with Crippen LogP contribution >= 0.6 is 22.7 Å². The van der Waals surface area contributed by atoms with Crippen molar-refractivity contribution in [2.45, 2.75) is 19.9 Å². The summed E-state index contributed by atoms with van der Waals surface area (Å²) in [6.45, 7) is 3.81. The first kappa shape index (κ1) is 18.5. The molecule has 0 radical (unpaired) electrons. The van der Waals surface area contributed by atoms with E-state index in [9.17, 15) is 9.59 Å². The minimum atomic E-state index is -0.536. The van der Waals surface area contributed by atoms with Crippen LogP contribution in [-0.4, -0.2) is 22.1 Å². The van der Waals surface area contributed by atoms with Crippen molar-refractivity contribution in [2.24, 2.45) is 4.99 Å². The highest BCUT2D eigenvalue weighted by Crippen LogP contribution is 2.33. The summed E-state index contributed by atoms with van der Waals surface area (Å²) in [6, 6.07) is 7.00. The molecule has 0 aliphatic carbocycles. The normalized spacial score (nSPS) is 16.6. The van der Waals surface area contributed by atoms with Crippen LogP contribution in [0, 0.1) is 0 Å². The molecule has 3 aromatic heterocycles. The molecule has 4 rings (SSSR count). The van der Waals surface area contributed by atoms with Crippen LogP contribution < -0.4 is 14.9 Å². The highest BCUT2D eigenvalue weighted by Gasteiger charge is 2.33. The second-order valence-corrected chi connectivity index (χ2v) is 8.09. The van der Waals surface area contributed by atoms with Crippen LogP contribution in [0.3, 0.4) is 0 Å². The molecule has 4 heterocycles. The second-order valence-electron chi connectivity index (χ2n) is 6.10. The van der Waals surface area contributed by atoms with E-state index in [1.54, 1.807) is 36.9 Å². The highest BCUT2D eigenvalue weighted by atomic mass is 32.1. The molecule has 142 valence electrons. The average molecular weight is 412 g/mol. The lowest BCUT2D eigenvalue weighted by Crippen LogP contribution is -2.39. The summed E-state index contributed by atoms with van der Waals surface area (Å²) in [4.78, 5) is 36.0. The van der Waals surface area contributed by atoms with E-state index in [-0.39, 0.29) is 12.2 Å². The Morgan fingerprint density at radius 3 is 2.89 bits per heavy atom. The molecule has 1 atom stereocenters. The number of fused-ring (bicyclic) bond motifs is 1. The van der Waals surface area contributed by atoms with Crippen molar-refractivity contribution in [3.8, 4) is 0 Å². The average Bonchev–Trinajstić information content (AvgIpc) is 3.31. The Hall–Kier alpha value is -2.84. The van der Waals surface area contributed by atoms with Gasteiger partial charge in [0, 0.05) is 17.3 Å². The molecule has 0 amide bonds. The Bertz CT molecular complexity index is 1220. The lowest BCUT2D eigenvalue weighted by Gasteiger charge is -2.23. The number of pyridine rings is 1. The van der Waals surface area contributed by atoms with Crippen LogP contribution in [0.4, 0.5) is 0 Å². The van der Waals surface area contributed by atoms with Gasteiger partial charge in [-0.25, -0.2) is 9.79 Å². The molecule has 0 aromatic carbocycles. The van der Waals surface area contributed by atoms with E-state index < -0.39 is 12.0 Å². The number of thiazole rings is 1. The fraction of sp³-hybridized carbons (Fsp3) is 0.200. The monoisotopic (exact) mass is 411 g/mol. The number of hydrogen-bond acceptors (Lipinski definition) is 7. The number of nitrogens with zero attached hydrogens (tertiary/aromatic N) is 3. The van der Waals surface area contributed by atoms with Gasteiger partial charge in [-0.1, -0.05) is 23.5 Å². The van der Waals surface area contributed by atoms with Gasteiger partial charge in [0.25, 0.3) is 5.56 Å². The third kappa shape index (κ3) is 3.25. The molecule has 1 aliphatic rings. The summed E-state index contributed by atoms with van der Waals surface area (Å²) in [6.07, 6.45) is 5.18. The minimum Gasteiger partial charge on any atom is -0.463 e. The Balaban J connectivity index is 1.95. The summed E-state index contributed by atoms with van der Waals surface area (Å²) in [5.41, 5.74) is 1.64. The molecule has 0 bridgehead atoms. The molecule has 0 unspecified atom stereocenters. The summed E-state index contributed by atoms with van der Waals surface area (Å²) in [7, 11) is 0. The van der Waals surface area contributed by atoms with Crippen molar-refractivity contribution in [3.63, 3.8) is 0 Å². The zero-order chi connectivity index (χ0) is 19.7. The lowest BCUT2D eigenvalue weighted by molar-refractivity contribution is -0.139. The molecule has 0 saturated carbocycles. The summed E-state index contributed by atoms with van der Waals surface area (Å²) >= 11 is 2.80. The van der Waals surface area contributed by atoms with Gasteiger partial charge in [-0.2, -0.15) is 0 Å². The summed E-state index contributed by atoms with van der Waals surface area (Å²) < 4.78 is 7.40. The molecular formula is C20H17N3O3S2. The van der Waals surface area contributed by atoms with Crippen molar-refractivity contribution in [3.05, 3.63) is 83.4 Å². The smallest absolute Gasteiger partial charge is 0.338 e. The first-order valence-corrected chi connectivity index (χ1v) is 10.4. The number of thiophene rings is 1. The lowest BCUT2D eigenvalue weighted by atomic mass is 10.0. The summed E-state index contributed by atoms with van der Waals surface area (Å²) in [5, 5.41) is 1.93. The van der Waals surface area contributed by atoms with Crippen molar-refractivity contribution < 1.29 is 9.53 Å². The first-order valence-electron chi connectivity index (χ1n) is 8.73. The number of rotatable bonds is 4. The van der Waals surface area contributed by atoms with Crippen LogP contribution in [0.2, 0.25) is 0 Å². The van der Waals surface area contributed by atoms with E-state index >= 15 is 0 Å². The zero-order valence-electron chi connectivity index (χ0n) is 15.3. The first-order chi connectivity index (χ1) is 13.6. The maximum Gasteiger partial charge on any atom is 0.338 e. The zero-order valence-corrected chi connectivity index (χ0v) is 16.9. The van der Waals surface area contributed by atoms with Crippen LogP contribution in [0.25, 0.3) is 6.08 Å². The van der Waals surface area contributed by atoms with Crippen LogP contribution in [0.5, 0.6) is 0 Å². The van der Waals surface area contributed by atoms with Gasteiger partial charge in [-0.15, -0.1) is 11.3 Å². The molecule has 1 aliphatic heterocycles. The molecule has 8 heteroatoms. The molecule has 0 N–H and O–H groups in total. The van der Waals surface area contributed by atoms with Crippen LogP contribution in [-0.2, 0) is 9.53 Å². The minimum absolute atomic E-state index is 0.180. The number of hydrogen-bond donors (Lipinski definition) is 0. The molecule has 0 saturated heterocycles. The standard InChI is InChI=1S/C20H17N3O3S2/c1-3-26-19(25)16-12(2)22-20-23(17(16)14-7-5-9-27-14)18(24)15(28-20)10-13-6-4-8-21-11-13/h4-11,17H,3H2,1-2H3/t17-/m0/s1. The number of ether oxygens (including phenoxy) is 1. The third-order valence-electron chi connectivity index (χ3n) is 4.31. The van der Waals surface area contributed by atoms with Crippen LogP contribution in [0.15, 0.2) is 63.1 Å². The molecule has 0 fully saturated rings. The van der Waals surface area contributed by atoms with Gasteiger partial charge < -0.3 is 4.74 Å². The van der Waals surface area contributed by atoms with Gasteiger partial charge in [-0.05, 0) is 43.0 Å². The van der Waals surface area contributed by atoms with E-state index in [4.69, 9.17) is 4.74 Å². The number of esters is 1. The fourth-order valence-electron chi connectivity index (χ4n) is 3.12. The van der Waals surface area contributed by atoms with E-state index in [0.717, 1.165) is 10.4 Å². The van der Waals surface area contributed by atoms with Crippen molar-refractivity contribution in [1.82, 2.24) is 9.55 Å². The van der Waals surface area contributed by atoms with Crippen LogP contribution in [0.1, 0.15) is 30.3 Å². The van der Waals surface area contributed by atoms with Gasteiger partial charge in [0.15, 0.2) is 4.80 Å². The predicted octanol–water partition coefficient (Wildman–Crippen LogP) is 2.25. The Labute approximate surface area is 168 Å². The molecule has 3 aromatic rings. The number of carbonyl (C=O) groups is 1. The van der Waals surface area contributed by atoms with Gasteiger partial charge in [-0.3, -0.25) is 14.3 Å². The van der Waals surface area contributed by atoms with E-state index in [0.29, 0.717) is 20.6 Å². The fourth-order valence-corrected chi connectivity index (χ4v) is 4.99. The van der Waals surface area contributed by atoms with Crippen molar-refractivity contribution in [2.75, 3.05) is 6.61 Å². The molecule has 28 heavy (non-hydrogen) atoms. The number of allylic oxidation sites excluding steroid dienone is 1. The Morgan fingerprint density at radius 1 is 1.36 bits per heavy atom. The third-order valence-corrected chi connectivity index (χ3v) is 6.22. The Kier molecular flexibility index (Phi) is 5.06. The molecular weight excluding hydrogens is 394 g/mol. The Morgan fingerprint density at radius 2 is 2.21 bits per heavy atom. The van der Waals surface area contributed by atoms with Gasteiger partial charge in [0.05, 0.1) is 22.4 Å². The molecule has 6 nitrogen and oxygen atoms in total. The van der Waals surface area contributed by atoms with E-state index in [1.807, 2.05) is 29.6 Å². The largest absolute Gasteiger partial charge is 0.463 e. The summed E-state index contributed by atoms with van der Waals surface area (Å²) in [5.74, 6) is -0.441. The number of aromatic nitrogens is 2. The van der Waals surface area contributed by atoms with Gasteiger partial charge in [0.2, 0.25) is 0 Å². The SMILES string of the molecule is CCOC(=O)C1=C(C)N=c2sc(=Cc3cccnc3)c(=O)n2[C@H]1c1cccs1. The quantitative estimate of drug-likeness (QED) is 0.618. The van der Waals surface area contributed by atoms with Gasteiger partial charge >= 0.3 is 5.97 Å². The maximum absolute atomic E-state index is 13.2. The van der Waals surface area contributed by atoms with Gasteiger partial charge in [0.1, 0.15) is 6.04 Å². The van der Waals surface area contributed by atoms with Crippen molar-refractivity contribution in [1.29, 1.82) is 0 Å². The van der Waals surface area contributed by atoms with E-state index in [2.05, 4.69) is 9.98 Å². The maximum atomic E-state index is 13.2. The topological polar surface area (TPSA) is 73.6 Å². The highest BCUT2D eigenvalue weighted by molar-refractivity contribution is 7.10. The van der Waals surface area contributed by atoms with E-state index in [1.165, 1.54) is 22.7 Å². The second kappa shape index (κ2) is 7.65. The van der Waals surface area contributed by atoms with Crippen molar-refractivity contribution >= 4 is 34.7 Å². The predicted molar refractivity (Wildman–Crippen MR) is 109 cm³/mol.